The van der Waals surface area contributed by atoms with Gasteiger partial charge in [-0.15, -0.1) is 11.8 Å². The molecule has 0 bridgehead atoms. The Morgan fingerprint density at radius 2 is 2.11 bits per heavy atom. The molecule has 2 aromatic rings. The average molecular weight is 295 g/mol. The topological polar surface area (TPSA) is 27.1 Å². The molecule has 3 rings (SSSR count). The minimum Gasteiger partial charge on any atom is -0.452 e. The summed E-state index contributed by atoms with van der Waals surface area (Å²) in [6.45, 7) is 0. The summed E-state index contributed by atoms with van der Waals surface area (Å²) < 4.78 is 7.63. The number of rotatable bonds is 3. The number of hydrogen-bond donors (Lipinski definition) is 0. The number of hydrogen-bond acceptors (Lipinski definition) is 3. The Morgan fingerprint density at radius 1 is 1.26 bits per heavy atom. The smallest absolute Gasteiger partial charge is 0.184 e. The lowest BCUT2D eigenvalue weighted by Crippen LogP contribution is -2.11. The molecule has 1 fully saturated rings. The zero-order valence-electron chi connectivity index (χ0n) is 10.5. The van der Waals surface area contributed by atoms with Crippen LogP contribution in [0, 0.1) is 0 Å². The Morgan fingerprint density at radius 3 is 2.84 bits per heavy atom. The highest BCUT2D eigenvalue weighted by molar-refractivity contribution is 7.99. The van der Waals surface area contributed by atoms with Crippen molar-refractivity contribution < 1.29 is 4.74 Å². The first-order valence-corrected chi connectivity index (χ1v) is 7.85. The number of nitrogens with zero attached hydrogens (tertiary/aromatic N) is 2. The summed E-state index contributed by atoms with van der Waals surface area (Å²) in [5.41, 5.74) is 0. The van der Waals surface area contributed by atoms with E-state index in [1.165, 1.54) is 18.6 Å². The standard InChI is InChI=1S/C14H15ClN2OS/c15-14-12(18-11-6-2-1-3-7-11)10-16-17(14)13-8-4-5-9-19-13/h1-3,6-7,10,13H,4-5,8-9H2. The Kier molecular flexibility index (Phi) is 3.99. The van der Waals surface area contributed by atoms with Crippen LogP contribution < -0.4 is 4.74 Å². The normalized spacial score (nSPS) is 19.3. The number of halogens is 1. The zero-order chi connectivity index (χ0) is 13.1. The largest absolute Gasteiger partial charge is 0.452 e. The van der Waals surface area contributed by atoms with Crippen molar-refractivity contribution in [3.63, 3.8) is 0 Å². The third-order valence-electron chi connectivity index (χ3n) is 3.10. The highest BCUT2D eigenvalue weighted by Crippen LogP contribution is 2.39. The molecule has 1 aliphatic rings. The predicted octanol–water partition coefficient (Wildman–Crippen LogP) is 4.74. The molecule has 0 radical (unpaired) electrons. The molecule has 2 heterocycles. The van der Waals surface area contributed by atoms with Crippen LogP contribution in [0.2, 0.25) is 5.15 Å². The second-order valence-electron chi connectivity index (χ2n) is 4.48. The van der Waals surface area contributed by atoms with Crippen molar-refractivity contribution in [3.05, 3.63) is 41.7 Å². The number of aromatic nitrogens is 2. The Hall–Kier alpha value is -1.13. The van der Waals surface area contributed by atoms with Crippen LogP contribution in [0.25, 0.3) is 0 Å². The van der Waals surface area contributed by atoms with Crippen molar-refractivity contribution in [2.24, 2.45) is 0 Å². The maximum Gasteiger partial charge on any atom is 0.184 e. The minimum absolute atomic E-state index is 0.342. The van der Waals surface area contributed by atoms with E-state index < -0.39 is 0 Å². The number of para-hydroxylation sites is 1. The molecule has 1 aromatic heterocycles. The first kappa shape index (κ1) is 12.9. The lowest BCUT2D eigenvalue weighted by Gasteiger charge is -2.22. The van der Waals surface area contributed by atoms with E-state index in [1.807, 2.05) is 46.8 Å². The van der Waals surface area contributed by atoms with Crippen LogP contribution in [0.4, 0.5) is 0 Å². The summed E-state index contributed by atoms with van der Waals surface area (Å²) in [7, 11) is 0. The third kappa shape index (κ3) is 2.90. The fourth-order valence-corrected chi connectivity index (χ4v) is 3.72. The molecule has 3 nitrogen and oxygen atoms in total. The predicted molar refractivity (Wildman–Crippen MR) is 79.1 cm³/mol. The molecule has 100 valence electrons. The van der Waals surface area contributed by atoms with Crippen LogP contribution in [0.1, 0.15) is 24.6 Å². The fraction of sp³-hybridized carbons (Fsp3) is 0.357. The fourth-order valence-electron chi connectivity index (χ4n) is 2.13. The van der Waals surface area contributed by atoms with E-state index in [0.29, 0.717) is 16.3 Å². The van der Waals surface area contributed by atoms with Crippen molar-refractivity contribution >= 4 is 23.4 Å². The highest BCUT2D eigenvalue weighted by atomic mass is 35.5. The number of ether oxygens (including phenoxy) is 1. The van der Waals surface area contributed by atoms with E-state index in [-0.39, 0.29) is 0 Å². The highest BCUT2D eigenvalue weighted by Gasteiger charge is 2.21. The lowest BCUT2D eigenvalue weighted by molar-refractivity contribution is 0.478. The van der Waals surface area contributed by atoms with Gasteiger partial charge < -0.3 is 4.74 Å². The van der Waals surface area contributed by atoms with Gasteiger partial charge in [-0.25, -0.2) is 4.68 Å². The molecule has 0 spiro atoms. The molecule has 19 heavy (non-hydrogen) atoms. The van der Waals surface area contributed by atoms with Gasteiger partial charge in [0.2, 0.25) is 0 Å². The summed E-state index contributed by atoms with van der Waals surface area (Å²) in [6.07, 6.45) is 5.34. The van der Waals surface area contributed by atoms with Crippen molar-refractivity contribution in [3.8, 4) is 11.5 Å². The van der Waals surface area contributed by atoms with Crippen molar-refractivity contribution in [2.45, 2.75) is 24.6 Å². The average Bonchev–Trinajstić information content (AvgIpc) is 2.82. The van der Waals surface area contributed by atoms with Gasteiger partial charge in [-0.05, 0) is 37.1 Å². The van der Waals surface area contributed by atoms with E-state index >= 15 is 0 Å². The number of thioether (sulfide) groups is 1. The summed E-state index contributed by atoms with van der Waals surface area (Å²) in [5, 5.41) is 5.30. The molecule has 1 saturated heterocycles. The molecular weight excluding hydrogens is 280 g/mol. The Labute approximate surface area is 121 Å². The van der Waals surface area contributed by atoms with Crippen LogP contribution in [-0.4, -0.2) is 15.5 Å². The summed E-state index contributed by atoms with van der Waals surface area (Å²) in [6, 6.07) is 9.64. The van der Waals surface area contributed by atoms with Gasteiger partial charge in [0.05, 0.1) is 11.6 Å². The third-order valence-corrected chi connectivity index (χ3v) is 4.81. The second-order valence-corrected chi connectivity index (χ2v) is 6.12. The monoisotopic (exact) mass is 294 g/mol. The van der Waals surface area contributed by atoms with Crippen molar-refractivity contribution in [2.75, 3.05) is 5.75 Å². The molecular formula is C14H15ClN2OS. The molecule has 0 amide bonds. The minimum atomic E-state index is 0.342. The summed E-state index contributed by atoms with van der Waals surface area (Å²) in [5.74, 6) is 2.58. The molecule has 1 aromatic carbocycles. The van der Waals surface area contributed by atoms with Gasteiger partial charge in [-0.3, -0.25) is 0 Å². The van der Waals surface area contributed by atoms with Gasteiger partial charge in [-0.2, -0.15) is 5.10 Å². The Bertz CT molecular complexity index is 538. The Balaban J connectivity index is 1.78. The van der Waals surface area contributed by atoms with Gasteiger partial charge in [0, 0.05) is 0 Å². The van der Waals surface area contributed by atoms with Crippen LogP contribution in [0.15, 0.2) is 36.5 Å². The van der Waals surface area contributed by atoms with Crippen LogP contribution in [0.3, 0.4) is 0 Å². The molecule has 1 unspecified atom stereocenters. The van der Waals surface area contributed by atoms with E-state index in [0.717, 1.165) is 12.2 Å². The van der Waals surface area contributed by atoms with E-state index in [2.05, 4.69) is 5.10 Å². The zero-order valence-corrected chi connectivity index (χ0v) is 12.0. The van der Waals surface area contributed by atoms with Crippen molar-refractivity contribution in [1.82, 2.24) is 9.78 Å². The van der Waals surface area contributed by atoms with Gasteiger partial charge in [-0.1, -0.05) is 29.8 Å². The van der Waals surface area contributed by atoms with Crippen LogP contribution >= 0.6 is 23.4 Å². The summed E-state index contributed by atoms with van der Waals surface area (Å²) in [4.78, 5) is 0. The maximum absolute atomic E-state index is 6.37. The van der Waals surface area contributed by atoms with Gasteiger partial charge >= 0.3 is 0 Å². The first-order valence-electron chi connectivity index (χ1n) is 6.42. The molecule has 5 heteroatoms. The van der Waals surface area contributed by atoms with Crippen molar-refractivity contribution in [1.29, 1.82) is 0 Å². The molecule has 1 aliphatic heterocycles. The van der Waals surface area contributed by atoms with Gasteiger partial charge in [0.25, 0.3) is 0 Å². The van der Waals surface area contributed by atoms with Gasteiger partial charge in [0.15, 0.2) is 10.9 Å². The van der Waals surface area contributed by atoms with Crippen LogP contribution in [0.5, 0.6) is 11.5 Å². The first-order chi connectivity index (χ1) is 9.34. The summed E-state index contributed by atoms with van der Waals surface area (Å²) >= 11 is 8.28. The number of benzene rings is 1. The van der Waals surface area contributed by atoms with E-state index in [1.54, 1.807) is 6.20 Å². The van der Waals surface area contributed by atoms with Gasteiger partial charge in [0.1, 0.15) is 5.75 Å². The van der Waals surface area contributed by atoms with E-state index in [9.17, 15) is 0 Å². The second kappa shape index (κ2) is 5.88. The molecule has 0 N–H and O–H groups in total. The maximum atomic E-state index is 6.37. The lowest BCUT2D eigenvalue weighted by atomic mass is 10.2. The SMILES string of the molecule is Clc1c(Oc2ccccc2)cnn1C1CCCCS1. The quantitative estimate of drug-likeness (QED) is 0.818. The molecule has 1 atom stereocenters. The van der Waals surface area contributed by atoms with Crippen LogP contribution in [-0.2, 0) is 0 Å². The molecule has 0 aliphatic carbocycles. The van der Waals surface area contributed by atoms with E-state index in [4.69, 9.17) is 16.3 Å². The molecule has 0 saturated carbocycles.